The first-order valence-electron chi connectivity index (χ1n) is 10.00. The van der Waals surface area contributed by atoms with Crippen LogP contribution in [0.1, 0.15) is 25.8 Å². The summed E-state index contributed by atoms with van der Waals surface area (Å²) in [7, 11) is 0. The van der Waals surface area contributed by atoms with E-state index in [1.54, 1.807) is 36.4 Å². The van der Waals surface area contributed by atoms with E-state index in [2.05, 4.69) is 26.5 Å². The topological polar surface area (TPSA) is 80.9 Å². The third kappa shape index (κ3) is 4.61. The van der Waals surface area contributed by atoms with Crippen LogP contribution in [0.5, 0.6) is 5.75 Å². The van der Waals surface area contributed by atoms with Gasteiger partial charge in [0, 0.05) is 19.9 Å². The van der Waals surface area contributed by atoms with E-state index in [1.165, 1.54) is 17.6 Å². The molecule has 34 heavy (non-hydrogen) atoms. The maximum Gasteiger partial charge on any atom is 0.355 e. The molecule has 0 aliphatic carbocycles. The number of hydrogen-bond acceptors (Lipinski definition) is 6. The summed E-state index contributed by atoms with van der Waals surface area (Å²) in [4.78, 5) is 25.4. The second-order valence-corrected chi connectivity index (χ2v) is 9.54. The van der Waals surface area contributed by atoms with Crippen LogP contribution in [0, 0.1) is 0 Å². The van der Waals surface area contributed by atoms with E-state index < -0.39 is 11.9 Å². The lowest BCUT2D eigenvalue weighted by atomic mass is 10.2. The molecule has 0 bridgehead atoms. The Morgan fingerprint density at radius 2 is 1.91 bits per heavy atom. The van der Waals surface area contributed by atoms with Crippen LogP contribution in [0.2, 0.25) is 5.02 Å². The summed E-state index contributed by atoms with van der Waals surface area (Å²) in [6, 6.07) is 21.4. The minimum atomic E-state index is -0.537. The smallest absolute Gasteiger partial charge is 0.355 e. The number of halogens is 2. The average Bonchev–Trinajstić information content (AvgIpc) is 3.40. The molecule has 0 radical (unpaired) electrons. The van der Waals surface area contributed by atoms with Crippen molar-refractivity contribution in [2.24, 2.45) is 5.10 Å². The highest BCUT2D eigenvalue weighted by atomic mass is 79.9. The van der Waals surface area contributed by atoms with Crippen LogP contribution in [0.4, 0.5) is 0 Å². The summed E-state index contributed by atoms with van der Waals surface area (Å²) in [6.45, 7) is 0. The molecule has 6 nitrogen and oxygen atoms in total. The molecule has 0 spiro atoms. The first-order chi connectivity index (χ1) is 16.5. The number of thiophene rings is 1. The maximum absolute atomic E-state index is 12.7. The summed E-state index contributed by atoms with van der Waals surface area (Å²) in [5, 5.41) is 5.97. The Hall–Kier alpha value is -3.46. The van der Waals surface area contributed by atoms with E-state index >= 15 is 0 Å². The molecule has 3 aromatic carbocycles. The number of ether oxygens (including phenoxy) is 1. The summed E-state index contributed by atoms with van der Waals surface area (Å²) in [5.41, 5.74) is 3.66. The highest BCUT2D eigenvalue weighted by molar-refractivity contribution is 9.10. The number of nitrogens with one attached hydrogen (secondary N) is 1. The lowest BCUT2D eigenvalue weighted by Gasteiger charge is -2.04. The summed E-state index contributed by atoms with van der Waals surface area (Å²) < 4.78 is 12.9. The molecule has 1 N–H and O–H groups in total. The molecule has 0 aliphatic heterocycles. The second-order valence-electron chi connectivity index (χ2n) is 7.20. The van der Waals surface area contributed by atoms with Gasteiger partial charge in [0.2, 0.25) is 0 Å². The number of amides is 1. The van der Waals surface area contributed by atoms with Gasteiger partial charge in [-0.2, -0.15) is 5.10 Å². The number of benzene rings is 3. The van der Waals surface area contributed by atoms with Gasteiger partial charge in [0.1, 0.15) is 16.2 Å². The quantitative estimate of drug-likeness (QED) is 0.109. The van der Waals surface area contributed by atoms with Crippen molar-refractivity contribution in [3.05, 3.63) is 98.5 Å². The van der Waals surface area contributed by atoms with Crippen molar-refractivity contribution in [3.8, 4) is 5.75 Å². The molecular weight excluding hydrogens is 540 g/mol. The minimum absolute atomic E-state index is 0.146. The Morgan fingerprint density at radius 1 is 1.06 bits per heavy atom. The summed E-state index contributed by atoms with van der Waals surface area (Å²) in [6.07, 6.45) is 1.45. The highest BCUT2D eigenvalue weighted by Gasteiger charge is 2.19. The fourth-order valence-corrected chi connectivity index (χ4v) is 5.07. The fourth-order valence-electron chi connectivity index (χ4n) is 3.30. The van der Waals surface area contributed by atoms with Gasteiger partial charge in [0.15, 0.2) is 5.76 Å². The normalized spacial score (nSPS) is 11.4. The Balaban J connectivity index is 1.26. The monoisotopic (exact) mass is 552 g/mol. The zero-order chi connectivity index (χ0) is 23.7. The number of nitrogens with zero attached hydrogens (tertiary/aromatic N) is 1. The van der Waals surface area contributed by atoms with E-state index in [9.17, 15) is 9.59 Å². The Labute approximate surface area is 210 Å². The molecule has 0 atom stereocenters. The largest absolute Gasteiger partial charge is 0.451 e. The van der Waals surface area contributed by atoms with Crippen LogP contribution in [0.25, 0.3) is 21.1 Å². The van der Waals surface area contributed by atoms with Gasteiger partial charge in [0.25, 0.3) is 0 Å². The van der Waals surface area contributed by atoms with Gasteiger partial charge in [-0.25, -0.2) is 10.2 Å². The van der Waals surface area contributed by atoms with Gasteiger partial charge < -0.3 is 9.15 Å². The second kappa shape index (κ2) is 9.42. The molecule has 5 rings (SSSR count). The zero-order valence-electron chi connectivity index (χ0n) is 17.2. The molecule has 168 valence electrons. The Kier molecular flexibility index (Phi) is 6.19. The van der Waals surface area contributed by atoms with Crippen molar-refractivity contribution in [3.63, 3.8) is 0 Å². The first-order valence-corrected chi connectivity index (χ1v) is 12.0. The van der Waals surface area contributed by atoms with Gasteiger partial charge in [-0.05, 0) is 48.0 Å². The van der Waals surface area contributed by atoms with Crippen molar-refractivity contribution in [2.75, 3.05) is 0 Å². The van der Waals surface area contributed by atoms with Crippen LogP contribution < -0.4 is 10.2 Å². The van der Waals surface area contributed by atoms with E-state index in [-0.39, 0.29) is 5.76 Å². The van der Waals surface area contributed by atoms with Gasteiger partial charge in [-0.15, -0.1) is 11.3 Å². The molecule has 0 saturated heterocycles. The third-order valence-corrected chi connectivity index (χ3v) is 7.02. The van der Waals surface area contributed by atoms with Crippen molar-refractivity contribution in [1.82, 2.24) is 5.43 Å². The molecule has 0 unspecified atom stereocenters. The molecule has 0 aliphatic rings. The maximum atomic E-state index is 12.7. The molecular formula is C25H14BrClN2O4S. The Morgan fingerprint density at radius 3 is 2.76 bits per heavy atom. The predicted octanol–water partition coefficient (Wildman–Crippen LogP) is 7.05. The molecule has 5 aromatic rings. The van der Waals surface area contributed by atoms with Crippen LogP contribution in [0.3, 0.4) is 0 Å². The molecule has 2 heterocycles. The van der Waals surface area contributed by atoms with E-state index in [4.69, 9.17) is 20.8 Å². The van der Waals surface area contributed by atoms with E-state index in [0.29, 0.717) is 26.8 Å². The first kappa shape index (κ1) is 22.3. The van der Waals surface area contributed by atoms with Crippen molar-refractivity contribution >= 4 is 78.0 Å². The van der Waals surface area contributed by atoms with Gasteiger partial charge >= 0.3 is 11.9 Å². The van der Waals surface area contributed by atoms with Gasteiger partial charge in [-0.1, -0.05) is 57.9 Å². The van der Waals surface area contributed by atoms with Crippen LogP contribution in [-0.4, -0.2) is 18.1 Å². The SMILES string of the molecule is O=C(NN=Cc1cccc(OC(=O)c2sc3ccccc3c2Cl)c1)c1cc2cc(Br)ccc2o1. The van der Waals surface area contributed by atoms with Crippen LogP contribution >= 0.6 is 38.9 Å². The highest BCUT2D eigenvalue weighted by Crippen LogP contribution is 2.35. The van der Waals surface area contributed by atoms with Crippen molar-refractivity contribution < 1.29 is 18.7 Å². The van der Waals surface area contributed by atoms with Crippen LogP contribution in [0.15, 0.2) is 86.8 Å². The number of esters is 1. The van der Waals surface area contributed by atoms with Gasteiger partial charge in [0.05, 0.1) is 11.2 Å². The minimum Gasteiger partial charge on any atom is -0.451 e. The zero-order valence-corrected chi connectivity index (χ0v) is 20.4. The molecule has 0 fully saturated rings. The number of rotatable bonds is 5. The molecule has 2 aromatic heterocycles. The third-order valence-electron chi connectivity index (χ3n) is 4.87. The predicted molar refractivity (Wildman–Crippen MR) is 137 cm³/mol. The lowest BCUT2D eigenvalue weighted by Crippen LogP contribution is -2.16. The lowest BCUT2D eigenvalue weighted by molar-refractivity contribution is 0.0740. The summed E-state index contributed by atoms with van der Waals surface area (Å²) >= 11 is 11.0. The fraction of sp³-hybridized carbons (Fsp3) is 0. The number of hydrogen-bond donors (Lipinski definition) is 1. The van der Waals surface area contributed by atoms with Crippen molar-refractivity contribution in [1.29, 1.82) is 0 Å². The Bertz CT molecular complexity index is 1590. The number of carbonyl (C=O) groups is 2. The van der Waals surface area contributed by atoms with E-state index in [1.807, 2.05) is 36.4 Å². The number of fused-ring (bicyclic) bond motifs is 2. The van der Waals surface area contributed by atoms with E-state index in [0.717, 1.165) is 19.9 Å². The van der Waals surface area contributed by atoms with Crippen molar-refractivity contribution in [2.45, 2.75) is 0 Å². The summed E-state index contributed by atoms with van der Waals surface area (Å²) in [5.74, 6) is -0.541. The molecule has 1 amide bonds. The number of hydrazone groups is 1. The van der Waals surface area contributed by atoms with Crippen LogP contribution in [-0.2, 0) is 0 Å². The number of carbonyl (C=O) groups excluding carboxylic acids is 2. The average molecular weight is 554 g/mol. The van der Waals surface area contributed by atoms with Gasteiger partial charge in [-0.3, -0.25) is 4.79 Å². The standard InChI is InChI=1S/C25H14BrClN2O4S/c26-16-8-9-19-15(11-16)12-20(33-19)24(30)29-28-13-14-4-3-5-17(10-14)32-25(31)23-22(27)18-6-1-2-7-21(18)34-23/h1-13H,(H,29,30). The number of furan rings is 1. The molecule has 9 heteroatoms. The molecule has 0 saturated carbocycles.